The van der Waals surface area contributed by atoms with Crippen molar-refractivity contribution >= 4 is 6.09 Å². The smallest absolute Gasteiger partial charge is 0.407 e. The number of methoxy groups -OCH3 is 1. The molecule has 4 nitrogen and oxygen atoms in total. The van der Waals surface area contributed by atoms with Gasteiger partial charge in [0, 0.05) is 19.3 Å². The van der Waals surface area contributed by atoms with Gasteiger partial charge in [-0.2, -0.15) is 0 Å². The molecule has 0 aromatic rings. The third-order valence-electron chi connectivity index (χ3n) is 1.73. The molecule has 0 atom stereocenters. The van der Waals surface area contributed by atoms with Gasteiger partial charge < -0.3 is 14.8 Å². The first-order chi connectivity index (χ1) is 5.33. The molecule has 0 bridgehead atoms. The molecule has 1 aliphatic heterocycles. The van der Waals surface area contributed by atoms with E-state index in [2.05, 4.69) is 10.1 Å². The van der Waals surface area contributed by atoms with E-state index in [-0.39, 0.29) is 12.1 Å². The Morgan fingerprint density at radius 3 is 2.73 bits per heavy atom. The van der Waals surface area contributed by atoms with Gasteiger partial charge in [-0.25, -0.2) is 4.79 Å². The van der Waals surface area contributed by atoms with Gasteiger partial charge in [-0.15, -0.1) is 0 Å². The molecule has 1 N–H and O–H groups in total. The van der Waals surface area contributed by atoms with Crippen LogP contribution >= 0.6 is 0 Å². The van der Waals surface area contributed by atoms with E-state index in [0.717, 1.165) is 26.1 Å². The zero-order valence-electron chi connectivity index (χ0n) is 6.63. The average molecular weight is 159 g/mol. The maximum atomic E-state index is 10.7. The van der Waals surface area contributed by atoms with Crippen LogP contribution in [0.1, 0.15) is 12.8 Å². The minimum Gasteiger partial charge on any atom is -0.453 e. The Bertz CT molecular complexity index is 132. The van der Waals surface area contributed by atoms with Crippen LogP contribution in [-0.4, -0.2) is 32.5 Å². The van der Waals surface area contributed by atoms with Gasteiger partial charge in [-0.3, -0.25) is 0 Å². The molecule has 1 fully saturated rings. The lowest BCUT2D eigenvalue weighted by molar-refractivity contribution is 0.0757. The van der Waals surface area contributed by atoms with Crippen LogP contribution in [-0.2, 0) is 9.47 Å². The van der Waals surface area contributed by atoms with Gasteiger partial charge in [0.25, 0.3) is 0 Å². The molecule has 1 amide bonds. The van der Waals surface area contributed by atoms with E-state index in [1.807, 2.05) is 0 Å². The maximum absolute atomic E-state index is 10.7. The van der Waals surface area contributed by atoms with Crippen molar-refractivity contribution in [2.45, 2.75) is 18.9 Å². The Morgan fingerprint density at radius 1 is 1.55 bits per heavy atom. The second kappa shape index (κ2) is 4.18. The summed E-state index contributed by atoms with van der Waals surface area (Å²) in [5.41, 5.74) is 0. The Labute approximate surface area is 65.9 Å². The fourth-order valence-electron chi connectivity index (χ4n) is 1.07. The highest BCUT2D eigenvalue weighted by atomic mass is 16.5. The monoisotopic (exact) mass is 159 g/mol. The van der Waals surface area contributed by atoms with Crippen LogP contribution in [0.4, 0.5) is 4.79 Å². The first kappa shape index (κ1) is 8.33. The number of carbonyl (C=O) groups is 1. The third-order valence-corrected chi connectivity index (χ3v) is 1.73. The molecule has 0 aliphatic carbocycles. The van der Waals surface area contributed by atoms with Crippen LogP contribution in [0.2, 0.25) is 0 Å². The molecule has 0 aromatic carbocycles. The molecule has 0 aromatic heterocycles. The molecule has 0 spiro atoms. The summed E-state index contributed by atoms with van der Waals surface area (Å²) < 4.78 is 9.58. The van der Waals surface area contributed by atoms with Crippen LogP contribution < -0.4 is 5.32 Å². The molecule has 4 heteroatoms. The van der Waals surface area contributed by atoms with Crippen LogP contribution in [0.25, 0.3) is 0 Å². The summed E-state index contributed by atoms with van der Waals surface area (Å²) in [6.07, 6.45) is 1.42. The van der Waals surface area contributed by atoms with Gasteiger partial charge in [0.1, 0.15) is 0 Å². The highest BCUT2D eigenvalue weighted by molar-refractivity contribution is 5.67. The van der Waals surface area contributed by atoms with E-state index in [1.54, 1.807) is 0 Å². The number of hydrogen-bond acceptors (Lipinski definition) is 3. The molecule has 1 rings (SSSR count). The minimum atomic E-state index is -0.350. The third kappa shape index (κ3) is 2.76. The zero-order chi connectivity index (χ0) is 8.10. The Hall–Kier alpha value is -0.770. The standard InChI is InChI=1S/C7H13NO3/c1-10-7(9)8-6-2-4-11-5-3-6/h6H,2-5H2,1H3,(H,8,9). The van der Waals surface area contributed by atoms with Crippen molar-refractivity contribution in [1.82, 2.24) is 5.32 Å². The molecule has 0 unspecified atom stereocenters. The van der Waals surface area contributed by atoms with Crippen molar-refractivity contribution in [3.05, 3.63) is 0 Å². The number of rotatable bonds is 1. The summed E-state index contributed by atoms with van der Waals surface area (Å²) in [4.78, 5) is 10.7. The van der Waals surface area contributed by atoms with E-state index in [0.29, 0.717) is 0 Å². The van der Waals surface area contributed by atoms with Crippen molar-refractivity contribution in [2.24, 2.45) is 0 Å². The summed E-state index contributed by atoms with van der Waals surface area (Å²) in [6, 6.07) is 0.233. The highest BCUT2D eigenvalue weighted by Gasteiger charge is 2.15. The van der Waals surface area contributed by atoms with E-state index in [9.17, 15) is 4.79 Å². The van der Waals surface area contributed by atoms with Crippen molar-refractivity contribution < 1.29 is 14.3 Å². The zero-order valence-corrected chi connectivity index (χ0v) is 6.63. The van der Waals surface area contributed by atoms with Crippen molar-refractivity contribution in [3.8, 4) is 0 Å². The van der Waals surface area contributed by atoms with Crippen molar-refractivity contribution in [3.63, 3.8) is 0 Å². The second-order valence-corrected chi connectivity index (χ2v) is 2.52. The summed E-state index contributed by atoms with van der Waals surface area (Å²) in [5.74, 6) is 0. The summed E-state index contributed by atoms with van der Waals surface area (Å²) >= 11 is 0. The predicted octanol–water partition coefficient (Wildman–Crippen LogP) is 0.521. The molecule has 0 radical (unpaired) electrons. The lowest BCUT2D eigenvalue weighted by atomic mass is 10.1. The van der Waals surface area contributed by atoms with E-state index in [1.165, 1.54) is 7.11 Å². The van der Waals surface area contributed by atoms with E-state index in [4.69, 9.17) is 4.74 Å². The molecule has 1 saturated heterocycles. The summed E-state index contributed by atoms with van der Waals surface area (Å²) in [5, 5.41) is 2.73. The van der Waals surface area contributed by atoms with E-state index < -0.39 is 0 Å². The molecule has 1 heterocycles. The predicted molar refractivity (Wildman–Crippen MR) is 39.4 cm³/mol. The molecular formula is C7H13NO3. The lowest BCUT2D eigenvalue weighted by Crippen LogP contribution is -2.38. The second-order valence-electron chi connectivity index (χ2n) is 2.52. The molecule has 0 saturated carbocycles. The normalized spacial score (nSPS) is 19.4. The highest BCUT2D eigenvalue weighted by Crippen LogP contribution is 2.05. The van der Waals surface area contributed by atoms with Crippen molar-refractivity contribution in [2.75, 3.05) is 20.3 Å². The Kier molecular flexibility index (Phi) is 3.16. The number of alkyl carbamates (subject to hydrolysis) is 1. The number of carbonyl (C=O) groups excluding carboxylic acids is 1. The van der Waals surface area contributed by atoms with Gasteiger partial charge in [0.05, 0.1) is 7.11 Å². The Balaban J connectivity index is 2.19. The number of ether oxygens (including phenoxy) is 2. The van der Waals surface area contributed by atoms with Gasteiger partial charge in [-0.05, 0) is 12.8 Å². The fourth-order valence-corrected chi connectivity index (χ4v) is 1.07. The molecule has 1 aliphatic rings. The summed E-state index contributed by atoms with van der Waals surface area (Å²) in [7, 11) is 1.37. The fraction of sp³-hybridized carbons (Fsp3) is 0.857. The van der Waals surface area contributed by atoms with Crippen LogP contribution in [0.15, 0.2) is 0 Å². The number of nitrogens with one attached hydrogen (secondary N) is 1. The Morgan fingerprint density at radius 2 is 2.18 bits per heavy atom. The number of amides is 1. The minimum absolute atomic E-state index is 0.233. The molecule has 64 valence electrons. The molecular weight excluding hydrogens is 146 g/mol. The SMILES string of the molecule is COC(=O)NC1CCOCC1. The van der Waals surface area contributed by atoms with Crippen LogP contribution in [0, 0.1) is 0 Å². The molecule has 11 heavy (non-hydrogen) atoms. The van der Waals surface area contributed by atoms with Crippen LogP contribution in [0.5, 0.6) is 0 Å². The quantitative estimate of drug-likeness (QED) is 0.606. The number of hydrogen-bond donors (Lipinski definition) is 1. The van der Waals surface area contributed by atoms with Gasteiger partial charge in [0.15, 0.2) is 0 Å². The van der Waals surface area contributed by atoms with Gasteiger partial charge in [-0.1, -0.05) is 0 Å². The van der Waals surface area contributed by atoms with Gasteiger partial charge >= 0.3 is 6.09 Å². The van der Waals surface area contributed by atoms with Gasteiger partial charge in [0.2, 0.25) is 0 Å². The average Bonchev–Trinajstić information content (AvgIpc) is 2.06. The van der Waals surface area contributed by atoms with E-state index >= 15 is 0 Å². The summed E-state index contributed by atoms with van der Waals surface area (Å²) in [6.45, 7) is 1.46. The lowest BCUT2D eigenvalue weighted by Gasteiger charge is -2.22. The first-order valence-corrected chi connectivity index (χ1v) is 3.75. The van der Waals surface area contributed by atoms with Crippen LogP contribution in [0.3, 0.4) is 0 Å². The van der Waals surface area contributed by atoms with Crippen molar-refractivity contribution in [1.29, 1.82) is 0 Å². The maximum Gasteiger partial charge on any atom is 0.407 e. The largest absolute Gasteiger partial charge is 0.453 e. The first-order valence-electron chi connectivity index (χ1n) is 3.75. The topological polar surface area (TPSA) is 47.6 Å².